The third-order valence-electron chi connectivity index (χ3n) is 5.35. The lowest BCUT2D eigenvalue weighted by atomic mass is 10.1. The van der Waals surface area contributed by atoms with E-state index in [4.69, 9.17) is 19.2 Å². The molecule has 0 atom stereocenters. The first-order chi connectivity index (χ1) is 18.0. The third-order valence-corrected chi connectivity index (χ3v) is 6.95. The summed E-state index contributed by atoms with van der Waals surface area (Å²) in [4.78, 5) is 20.2. The number of nitrogens with zero attached hydrogens (tertiary/aromatic N) is 2. The molecule has 0 spiro atoms. The van der Waals surface area contributed by atoms with Crippen LogP contribution in [-0.4, -0.2) is 42.8 Å². The molecule has 1 saturated heterocycles. The van der Waals surface area contributed by atoms with Crippen molar-refractivity contribution in [2.45, 2.75) is 13.5 Å². The molecule has 0 unspecified atom stereocenters. The van der Waals surface area contributed by atoms with Crippen LogP contribution in [0.4, 0.5) is 10.1 Å². The molecule has 1 amide bonds. The highest BCUT2D eigenvalue weighted by Gasteiger charge is 2.33. The van der Waals surface area contributed by atoms with Crippen molar-refractivity contribution >= 4 is 50.5 Å². The summed E-state index contributed by atoms with van der Waals surface area (Å²) in [7, 11) is 1.54. The summed E-state index contributed by atoms with van der Waals surface area (Å²) in [5.41, 5.74) is 2.22. The molecule has 192 valence electrons. The minimum atomic E-state index is -0.321. The third kappa shape index (κ3) is 7.00. The van der Waals surface area contributed by atoms with Gasteiger partial charge in [0.2, 0.25) is 0 Å². The van der Waals surface area contributed by atoms with Crippen molar-refractivity contribution in [1.29, 1.82) is 0 Å². The Hall–Kier alpha value is -3.14. The van der Waals surface area contributed by atoms with Gasteiger partial charge in [0.25, 0.3) is 5.91 Å². The molecule has 0 N–H and O–H groups in total. The Morgan fingerprint density at radius 1 is 1.11 bits per heavy atom. The first-order valence-corrected chi connectivity index (χ1v) is 13.3. The molecule has 1 fully saturated rings. The van der Waals surface area contributed by atoms with E-state index < -0.39 is 0 Å². The number of amidine groups is 1. The van der Waals surface area contributed by atoms with E-state index in [1.54, 1.807) is 36.3 Å². The molecule has 37 heavy (non-hydrogen) atoms. The molecule has 1 aliphatic heterocycles. The van der Waals surface area contributed by atoms with Gasteiger partial charge in [0.15, 0.2) is 16.7 Å². The van der Waals surface area contributed by atoms with Gasteiger partial charge in [-0.3, -0.25) is 9.69 Å². The molecule has 0 bridgehead atoms. The van der Waals surface area contributed by atoms with Crippen LogP contribution in [-0.2, 0) is 16.1 Å². The van der Waals surface area contributed by atoms with Crippen LogP contribution in [0.2, 0.25) is 0 Å². The zero-order valence-electron chi connectivity index (χ0n) is 20.4. The molecule has 1 aliphatic rings. The highest BCUT2D eigenvalue weighted by Crippen LogP contribution is 2.40. The standard InChI is InChI=1S/C28H26BrFN2O4S/c1-3-35-13-12-32-27(33)25(37-28(32)31-22-10-5-4-6-11-22)17-20-15-23(29)26(24(16-20)34-2)36-18-19-8-7-9-21(30)14-19/h4-11,14-17H,3,12-13,18H2,1-2H3/b25-17-,31-28?. The summed E-state index contributed by atoms with van der Waals surface area (Å²) in [5, 5.41) is 0.600. The molecular formula is C28H26BrFN2O4S. The van der Waals surface area contributed by atoms with Gasteiger partial charge in [-0.1, -0.05) is 30.3 Å². The van der Waals surface area contributed by atoms with E-state index in [-0.39, 0.29) is 18.3 Å². The number of ether oxygens (including phenoxy) is 3. The lowest BCUT2D eigenvalue weighted by molar-refractivity contribution is -0.122. The van der Waals surface area contributed by atoms with E-state index in [1.165, 1.54) is 23.9 Å². The summed E-state index contributed by atoms with van der Waals surface area (Å²) in [6.45, 7) is 3.49. The summed E-state index contributed by atoms with van der Waals surface area (Å²) in [6.07, 6.45) is 1.80. The summed E-state index contributed by atoms with van der Waals surface area (Å²) < 4.78 is 31.1. The molecule has 6 nitrogen and oxygen atoms in total. The van der Waals surface area contributed by atoms with Gasteiger partial charge < -0.3 is 14.2 Å². The quantitative estimate of drug-likeness (QED) is 0.193. The van der Waals surface area contributed by atoms with Gasteiger partial charge in [-0.25, -0.2) is 9.38 Å². The first kappa shape index (κ1) is 26.9. The average molecular weight is 585 g/mol. The number of thioether (sulfide) groups is 1. The number of aliphatic imine (C=N–C) groups is 1. The fourth-order valence-electron chi connectivity index (χ4n) is 3.60. The maximum atomic E-state index is 13.5. The van der Waals surface area contributed by atoms with Crippen LogP contribution in [0.25, 0.3) is 6.08 Å². The second-order valence-corrected chi connectivity index (χ2v) is 9.81. The van der Waals surface area contributed by atoms with Crippen molar-refractivity contribution < 1.29 is 23.4 Å². The molecule has 9 heteroatoms. The molecular weight excluding hydrogens is 559 g/mol. The van der Waals surface area contributed by atoms with E-state index in [9.17, 15) is 9.18 Å². The average Bonchev–Trinajstić information content (AvgIpc) is 3.17. The second kappa shape index (κ2) is 12.9. The zero-order chi connectivity index (χ0) is 26.2. The van der Waals surface area contributed by atoms with Gasteiger partial charge in [-0.15, -0.1) is 0 Å². The van der Waals surface area contributed by atoms with Crippen LogP contribution in [0.5, 0.6) is 11.5 Å². The van der Waals surface area contributed by atoms with E-state index >= 15 is 0 Å². The van der Waals surface area contributed by atoms with Gasteiger partial charge in [0.1, 0.15) is 12.4 Å². The van der Waals surface area contributed by atoms with E-state index in [0.29, 0.717) is 51.4 Å². The smallest absolute Gasteiger partial charge is 0.266 e. The normalized spacial score (nSPS) is 15.6. The molecule has 0 saturated carbocycles. The first-order valence-electron chi connectivity index (χ1n) is 11.7. The van der Waals surface area contributed by atoms with Gasteiger partial charge in [0, 0.05) is 6.61 Å². The maximum Gasteiger partial charge on any atom is 0.266 e. The van der Waals surface area contributed by atoms with E-state index in [0.717, 1.165) is 11.3 Å². The number of halogens is 2. The van der Waals surface area contributed by atoms with Gasteiger partial charge in [-0.05, 0) is 88.2 Å². The lowest BCUT2D eigenvalue weighted by Gasteiger charge is -2.15. The summed E-state index contributed by atoms with van der Waals surface area (Å²) in [5.74, 6) is 0.516. The minimum absolute atomic E-state index is 0.138. The van der Waals surface area contributed by atoms with Crippen LogP contribution in [0.15, 0.2) is 81.1 Å². The van der Waals surface area contributed by atoms with Crippen LogP contribution < -0.4 is 9.47 Å². The van der Waals surface area contributed by atoms with Crippen molar-refractivity contribution in [1.82, 2.24) is 4.90 Å². The Labute approximate surface area is 228 Å². The number of carbonyl (C=O) groups is 1. The topological polar surface area (TPSA) is 60.4 Å². The molecule has 3 aromatic rings. The number of carbonyl (C=O) groups excluding carboxylic acids is 1. The molecule has 4 rings (SSSR count). The Bertz CT molecular complexity index is 1320. The number of benzene rings is 3. The molecule has 1 heterocycles. The number of para-hydroxylation sites is 1. The Morgan fingerprint density at radius 2 is 1.92 bits per heavy atom. The Morgan fingerprint density at radius 3 is 2.65 bits per heavy atom. The number of hydrogen-bond acceptors (Lipinski definition) is 6. The Balaban J connectivity index is 1.59. The number of amides is 1. The van der Waals surface area contributed by atoms with Crippen molar-refractivity contribution in [3.8, 4) is 11.5 Å². The highest BCUT2D eigenvalue weighted by molar-refractivity contribution is 9.10. The highest BCUT2D eigenvalue weighted by atomic mass is 79.9. The van der Waals surface area contributed by atoms with Crippen LogP contribution in [0.3, 0.4) is 0 Å². The predicted octanol–water partition coefficient (Wildman–Crippen LogP) is 6.82. The zero-order valence-corrected chi connectivity index (χ0v) is 22.9. The van der Waals surface area contributed by atoms with E-state index in [2.05, 4.69) is 15.9 Å². The van der Waals surface area contributed by atoms with Crippen molar-refractivity contribution in [2.24, 2.45) is 4.99 Å². The SMILES string of the molecule is CCOCCN1C(=O)/C(=C/c2cc(Br)c(OCc3cccc(F)c3)c(OC)c2)SC1=Nc1ccccc1. The van der Waals surface area contributed by atoms with Gasteiger partial charge in [-0.2, -0.15) is 0 Å². The largest absolute Gasteiger partial charge is 0.493 e. The van der Waals surface area contributed by atoms with Crippen molar-refractivity contribution in [2.75, 3.05) is 26.9 Å². The number of hydrogen-bond donors (Lipinski definition) is 0. The molecule has 0 aliphatic carbocycles. The van der Waals surface area contributed by atoms with E-state index in [1.807, 2.05) is 43.3 Å². The molecule has 3 aromatic carbocycles. The monoisotopic (exact) mass is 584 g/mol. The number of rotatable bonds is 10. The maximum absolute atomic E-state index is 13.5. The summed E-state index contributed by atoms with van der Waals surface area (Å²) >= 11 is 4.87. The Kier molecular flexibility index (Phi) is 9.38. The summed E-state index contributed by atoms with van der Waals surface area (Å²) in [6, 6.07) is 19.4. The van der Waals surface area contributed by atoms with Crippen LogP contribution >= 0.6 is 27.7 Å². The van der Waals surface area contributed by atoms with Crippen LogP contribution in [0.1, 0.15) is 18.1 Å². The van der Waals surface area contributed by atoms with Gasteiger partial charge >= 0.3 is 0 Å². The van der Waals surface area contributed by atoms with Gasteiger partial charge in [0.05, 0.1) is 35.3 Å². The van der Waals surface area contributed by atoms with Crippen molar-refractivity contribution in [3.05, 3.63) is 93.1 Å². The van der Waals surface area contributed by atoms with Crippen molar-refractivity contribution in [3.63, 3.8) is 0 Å². The minimum Gasteiger partial charge on any atom is -0.493 e. The molecule has 0 radical (unpaired) electrons. The molecule has 0 aromatic heterocycles. The van der Waals surface area contributed by atoms with Crippen LogP contribution in [0, 0.1) is 5.82 Å². The fraction of sp³-hybridized carbons (Fsp3) is 0.214. The number of methoxy groups -OCH3 is 1. The predicted molar refractivity (Wildman–Crippen MR) is 149 cm³/mol. The second-order valence-electron chi connectivity index (χ2n) is 7.95. The lowest BCUT2D eigenvalue weighted by Crippen LogP contribution is -2.32. The fourth-order valence-corrected chi connectivity index (χ4v) is 5.20.